The van der Waals surface area contributed by atoms with Crippen LogP contribution in [-0.4, -0.2) is 57.2 Å². The Bertz CT molecular complexity index is 2180. The molecule has 6 aromatic rings. The Kier molecular flexibility index (Phi) is 13.8. The fourth-order valence-corrected chi connectivity index (χ4v) is 4.74. The number of aliphatic carboxylic acids is 1. The molecule has 0 aliphatic carbocycles. The predicted octanol–water partition coefficient (Wildman–Crippen LogP) is 7.61. The maximum Gasteiger partial charge on any atom is 0.341 e. The maximum atomic E-state index is 12.1. The number of ketones is 3. The van der Waals surface area contributed by atoms with Gasteiger partial charge in [0.1, 0.15) is 5.75 Å². The van der Waals surface area contributed by atoms with Crippen molar-refractivity contribution in [1.82, 2.24) is 0 Å². The highest BCUT2D eigenvalue weighted by atomic mass is 16.5. The van der Waals surface area contributed by atoms with Gasteiger partial charge < -0.3 is 20.1 Å². The van der Waals surface area contributed by atoms with E-state index in [1.165, 1.54) is 36.4 Å². The molecule has 0 saturated heterocycles. The van der Waals surface area contributed by atoms with Gasteiger partial charge in [0.25, 0.3) is 0 Å². The van der Waals surface area contributed by atoms with Crippen molar-refractivity contribution in [3.63, 3.8) is 0 Å². The van der Waals surface area contributed by atoms with E-state index in [9.17, 15) is 28.8 Å². The van der Waals surface area contributed by atoms with Crippen LogP contribution < -0.4 is 4.74 Å². The smallest absolute Gasteiger partial charge is 0.341 e. The SMILES string of the molecule is O=C(O)COc1ccc(C(=O)c2ccccc2)cc1.O=C(O)c1ccc(C(=O)c2ccccc2)cc1.O=C(O)c1ccccc1C(=O)c1ccccc1. The van der Waals surface area contributed by atoms with E-state index < -0.39 is 24.5 Å². The zero-order chi connectivity index (χ0) is 38.2. The molecule has 6 rings (SSSR count). The quantitative estimate of drug-likeness (QED) is 0.114. The summed E-state index contributed by atoms with van der Waals surface area (Å²) < 4.78 is 5.00. The molecule has 0 amide bonds. The monoisotopic (exact) mass is 708 g/mol. The molecule has 53 heavy (non-hydrogen) atoms. The molecule has 3 N–H and O–H groups in total. The molecule has 10 heteroatoms. The zero-order valence-electron chi connectivity index (χ0n) is 28.0. The molecule has 0 aliphatic heterocycles. The van der Waals surface area contributed by atoms with Gasteiger partial charge >= 0.3 is 17.9 Å². The van der Waals surface area contributed by atoms with Crippen molar-refractivity contribution >= 4 is 35.3 Å². The molecule has 0 aromatic heterocycles. The Labute approximate surface area is 304 Å². The van der Waals surface area contributed by atoms with Crippen LogP contribution in [0.5, 0.6) is 5.75 Å². The van der Waals surface area contributed by atoms with Crippen molar-refractivity contribution in [2.24, 2.45) is 0 Å². The second kappa shape index (κ2) is 19.1. The van der Waals surface area contributed by atoms with Crippen LogP contribution in [-0.2, 0) is 4.79 Å². The molecule has 0 radical (unpaired) electrons. The van der Waals surface area contributed by atoms with E-state index in [1.807, 2.05) is 12.1 Å². The van der Waals surface area contributed by atoms with Crippen LogP contribution in [0.3, 0.4) is 0 Å². The second-order valence-electron chi connectivity index (χ2n) is 11.0. The van der Waals surface area contributed by atoms with E-state index in [4.69, 9.17) is 20.1 Å². The third-order valence-corrected chi connectivity index (χ3v) is 7.38. The van der Waals surface area contributed by atoms with Gasteiger partial charge in [0.15, 0.2) is 24.0 Å². The van der Waals surface area contributed by atoms with Gasteiger partial charge in [-0.05, 0) is 42.5 Å². The highest BCUT2D eigenvalue weighted by molar-refractivity contribution is 6.14. The summed E-state index contributed by atoms with van der Waals surface area (Å²) in [6.07, 6.45) is 0. The lowest BCUT2D eigenvalue weighted by Crippen LogP contribution is -2.09. The van der Waals surface area contributed by atoms with Crippen molar-refractivity contribution in [1.29, 1.82) is 0 Å². The molecule has 0 unspecified atom stereocenters. The second-order valence-corrected chi connectivity index (χ2v) is 11.0. The number of carbonyl (C=O) groups excluding carboxylic acids is 3. The molecule has 0 heterocycles. The number of rotatable bonds is 11. The largest absolute Gasteiger partial charge is 0.482 e. The number of aromatic carboxylic acids is 2. The summed E-state index contributed by atoms with van der Waals surface area (Å²) in [5.74, 6) is -3.17. The van der Waals surface area contributed by atoms with Gasteiger partial charge in [-0.25, -0.2) is 14.4 Å². The van der Waals surface area contributed by atoms with Crippen LogP contribution in [0.15, 0.2) is 164 Å². The lowest BCUT2D eigenvalue weighted by molar-refractivity contribution is -0.139. The van der Waals surface area contributed by atoms with Crippen LogP contribution in [0, 0.1) is 0 Å². The summed E-state index contributed by atoms with van der Waals surface area (Å²) in [6.45, 7) is -0.397. The van der Waals surface area contributed by atoms with Gasteiger partial charge in [-0.3, -0.25) is 14.4 Å². The minimum Gasteiger partial charge on any atom is -0.482 e. The van der Waals surface area contributed by atoms with Crippen LogP contribution in [0.2, 0.25) is 0 Å². The summed E-state index contributed by atoms with van der Waals surface area (Å²) in [6, 6.07) is 45.0. The van der Waals surface area contributed by atoms with Crippen molar-refractivity contribution in [2.45, 2.75) is 0 Å². The number of hydrogen-bond acceptors (Lipinski definition) is 7. The number of hydrogen-bond donors (Lipinski definition) is 3. The Balaban J connectivity index is 0.000000178. The summed E-state index contributed by atoms with van der Waals surface area (Å²) in [5, 5.41) is 26.2. The molecule has 0 saturated carbocycles. The predicted molar refractivity (Wildman–Crippen MR) is 196 cm³/mol. The summed E-state index contributed by atoms with van der Waals surface area (Å²) in [4.78, 5) is 68.2. The molecule has 264 valence electrons. The molecule has 0 aliphatic rings. The van der Waals surface area contributed by atoms with E-state index in [0.717, 1.165) is 0 Å². The Morgan fingerprint density at radius 2 is 0.698 bits per heavy atom. The molecular weight excluding hydrogens is 676 g/mol. The highest BCUT2D eigenvalue weighted by Crippen LogP contribution is 2.17. The molecule has 6 aromatic carbocycles. The van der Waals surface area contributed by atoms with Crippen molar-refractivity contribution < 1.29 is 48.8 Å². The highest BCUT2D eigenvalue weighted by Gasteiger charge is 2.17. The minimum atomic E-state index is -1.09. The van der Waals surface area contributed by atoms with Gasteiger partial charge in [0.2, 0.25) is 0 Å². The van der Waals surface area contributed by atoms with Crippen molar-refractivity contribution in [2.75, 3.05) is 6.61 Å². The standard InChI is InChI=1S/C15H12O4.2C14H10O3/c16-14(17)10-19-13-8-6-12(7-9-13)15(18)11-4-2-1-3-5-11;15-13(10-6-2-1-3-7-10)11-8-4-5-9-12(11)14(16)17;15-13(10-4-2-1-3-5-10)11-6-8-12(9-7-11)14(16)17/h1-9H,10H2,(H,16,17);2*1-9H,(H,16,17). The average Bonchev–Trinajstić information content (AvgIpc) is 3.21. The Morgan fingerprint density at radius 3 is 1.09 bits per heavy atom. The van der Waals surface area contributed by atoms with E-state index in [-0.39, 0.29) is 34.0 Å². The van der Waals surface area contributed by atoms with Gasteiger partial charge in [-0.1, -0.05) is 121 Å². The van der Waals surface area contributed by atoms with E-state index >= 15 is 0 Å². The fourth-order valence-electron chi connectivity index (χ4n) is 4.74. The fraction of sp³-hybridized carbons (Fsp3) is 0.0233. The molecule has 0 fully saturated rings. The summed E-state index contributed by atoms with van der Waals surface area (Å²) >= 11 is 0. The Hall–Kier alpha value is -7.46. The minimum absolute atomic E-state index is 0.0290. The first-order valence-corrected chi connectivity index (χ1v) is 15.9. The van der Waals surface area contributed by atoms with E-state index in [1.54, 1.807) is 115 Å². The molecular formula is C43H32O10. The van der Waals surface area contributed by atoms with Crippen LogP contribution in [0.1, 0.15) is 68.5 Å². The van der Waals surface area contributed by atoms with Gasteiger partial charge in [-0.15, -0.1) is 0 Å². The number of carbonyl (C=O) groups is 6. The van der Waals surface area contributed by atoms with E-state index in [2.05, 4.69) is 0 Å². The Morgan fingerprint density at radius 1 is 0.358 bits per heavy atom. The normalized spacial score (nSPS) is 9.89. The van der Waals surface area contributed by atoms with Crippen molar-refractivity contribution in [3.05, 3.63) is 208 Å². The van der Waals surface area contributed by atoms with Gasteiger partial charge in [0.05, 0.1) is 11.1 Å². The first kappa shape index (κ1) is 38.3. The van der Waals surface area contributed by atoms with Crippen LogP contribution in [0.4, 0.5) is 0 Å². The van der Waals surface area contributed by atoms with E-state index in [0.29, 0.717) is 33.6 Å². The maximum absolute atomic E-state index is 12.1. The van der Waals surface area contributed by atoms with Crippen molar-refractivity contribution in [3.8, 4) is 5.75 Å². The lowest BCUT2D eigenvalue weighted by Gasteiger charge is -2.04. The molecule has 10 nitrogen and oxygen atoms in total. The van der Waals surface area contributed by atoms with Crippen LogP contribution in [0.25, 0.3) is 0 Å². The lowest BCUT2D eigenvalue weighted by atomic mass is 9.98. The number of ether oxygens (including phenoxy) is 1. The number of benzene rings is 6. The van der Waals surface area contributed by atoms with Crippen LogP contribution >= 0.6 is 0 Å². The average molecular weight is 709 g/mol. The first-order chi connectivity index (χ1) is 25.5. The number of carboxylic acid groups (broad SMARTS) is 3. The summed E-state index contributed by atoms with van der Waals surface area (Å²) in [7, 11) is 0. The summed E-state index contributed by atoms with van der Waals surface area (Å²) in [5.41, 5.74) is 3.13. The zero-order valence-corrected chi connectivity index (χ0v) is 28.0. The molecule has 0 bridgehead atoms. The van der Waals surface area contributed by atoms with Gasteiger partial charge in [-0.2, -0.15) is 0 Å². The molecule has 0 spiro atoms. The first-order valence-electron chi connectivity index (χ1n) is 15.9. The number of carboxylic acids is 3. The molecule has 0 atom stereocenters. The third kappa shape index (κ3) is 11.3. The third-order valence-electron chi connectivity index (χ3n) is 7.38. The van der Waals surface area contributed by atoms with Gasteiger partial charge in [0, 0.05) is 33.4 Å². The topological polar surface area (TPSA) is 172 Å².